The Morgan fingerprint density at radius 3 is 2.91 bits per heavy atom. The predicted molar refractivity (Wildman–Crippen MR) is 42.1 cm³/mol. The van der Waals surface area contributed by atoms with Crippen LogP contribution in [0.15, 0.2) is 0 Å². The Labute approximate surface area is 66.9 Å². The third kappa shape index (κ3) is 2.42. The van der Waals surface area contributed by atoms with E-state index >= 15 is 0 Å². The zero-order valence-electron chi connectivity index (χ0n) is 6.76. The van der Waals surface area contributed by atoms with Gasteiger partial charge in [-0.25, -0.2) is 4.39 Å². The van der Waals surface area contributed by atoms with Gasteiger partial charge in [-0.3, -0.25) is 0 Å². The summed E-state index contributed by atoms with van der Waals surface area (Å²) < 4.78 is 17.0. The lowest BCUT2D eigenvalue weighted by atomic mass is 10.1. The van der Waals surface area contributed by atoms with Gasteiger partial charge in [0.15, 0.2) is 0 Å². The molecule has 2 unspecified atom stereocenters. The van der Waals surface area contributed by atoms with E-state index in [0.29, 0.717) is 12.5 Å². The molecule has 0 saturated heterocycles. The number of halogens is 1. The number of alkyl halides is 1. The molecule has 0 aliphatic heterocycles. The highest BCUT2D eigenvalue weighted by Crippen LogP contribution is 2.26. The van der Waals surface area contributed by atoms with E-state index in [2.05, 4.69) is 0 Å². The average molecular weight is 161 g/mol. The van der Waals surface area contributed by atoms with Gasteiger partial charge in [0.2, 0.25) is 0 Å². The highest BCUT2D eigenvalue weighted by Gasteiger charge is 2.26. The van der Waals surface area contributed by atoms with Gasteiger partial charge in [0, 0.05) is 0 Å². The van der Waals surface area contributed by atoms with Crippen molar-refractivity contribution in [2.45, 2.75) is 25.4 Å². The van der Waals surface area contributed by atoms with E-state index in [1.807, 2.05) is 0 Å². The minimum atomic E-state index is -0.381. The first kappa shape index (κ1) is 8.94. The smallest absolute Gasteiger partial charge is 0.113 e. The van der Waals surface area contributed by atoms with Crippen molar-refractivity contribution in [3.05, 3.63) is 0 Å². The van der Waals surface area contributed by atoms with E-state index < -0.39 is 0 Å². The molecule has 66 valence electrons. The van der Waals surface area contributed by atoms with Crippen LogP contribution in [0.5, 0.6) is 0 Å². The van der Waals surface area contributed by atoms with Crippen LogP contribution in [-0.2, 0) is 4.74 Å². The molecule has 1 aliphatic carbocycles. The van der Waals surface area contributed by atoms with Crippen molar-refractivity contribution in [2.24, 2.45) is 11.7 Å². The van der Waals surface area contributed by atoms with Gasteiger partial charge in [-0.2, -0.15) is 0 Å². The Hall–Kier alpha value is -0.150. The molecule has 0 heterocycles. The third-order valence-electron chi connectivity index (χ3n) is 2.30. The van der Waals surface area contributed by atoms with Crippen molar-refractivity contribution in [3.8, 4) is 0 Å². The van der Waals surface area contributed by atoms with Crippen LogP contribution in [0.3, 0.4) is 0 Å². The van der Waals surface area contributed by atoms with E-state index in [0.717, 1.165) is 12.8 Å². The summed E-state index contributed by atoms with van der Waals surface area (Å²) in [7, 11) is 0. The standard InChI is InChI=1S/C8H16FNO/c9-4-5-11-8-3-1-2-7(8)6-10/h7-8H,1-6,10H2. The van der Waals surface area contributed by atoms with Crippen LogP contribution in [-0.4, -0.2) is 25.9 Å². The molecule has 0 amide bonds. The lowest BCUT2D eigenvalue weighted by molar-refractivity contribution is 0.0228. The summed E-state index contributed by atoms with van der Waals surface area (Å²) in [6.45, 7) is 0.534. The van der Waals surface area contributed by atoms with Crippen LogP contribution in [0, 0.1) is 5.92 Å². The molecule has 0 spiro atoms. The van der Waals surface area contributed by atoms with E-state index in [1.165, 1.54) is 6.42 Å². The summed E-state index contributed by atoms with van der Waals surface area (Å²) in [4.78, 5) is 0. The topological polar surface area (TPSA) is 35.2 Å². The molecule has 0 aromatic heterocycles. The first-order chi connectivity index (χ1) is 5.38. The molecule has 1 fully saturated rings. The van der Waals surface area contributed by atoms with E-state index in [-0.39, 0.29) is 19.4 Å². The molecule has 2 atom stereocenters. The Kier molecular flexibility index (Phi) is 3.80. The molecule has 0 radical (unpaired) electrons. The fourth-order valence-corrected chi connectivity index (χ4v) is 1.69. The van der Waals surface area contributed by atoms with Crippen molar-refractivity contribution >= 4 is 0 Å². The maximum Gasteiger partial charge on any atom is 0.113 e. The van der Waals surface area contributed by atoms with E-state index in [1.54, 1.807) is 0 Å². The minimum absolute atomic E-state index is 0.232. The molecule has 11 heavy (non-hydrogen) atoms. The second-order valence-corrected chi connectivity index (χ2v) is 3.02. The van der Waals surface area contributed by atoms with E-state index in [4.69, 9.17) is 10.5 Å². The van der Waals surface area contributed by atoms with Crippen molar-refractivity contribution in [2.75, 3.05) is 19.8 Å². The van der Waals surface area contributed by atoms with Gasteiger partial charge in [0.1, 0.15) is 6.67 Å². The SMILES string of the molecule is NCC1CCCC1OCCF. The predicted octanol–water partition coefficient (Wildman–Crippen LogP) is 1.10. The van der Waals surface area contributed by atoms with Gasteiger partial charge >= 0.3 is 0 Å². The molecule has 2 N–H and O–H groups in total. The molecule has 1 rings (SSSR count). The minimum Gasteiger partial charge on any atom is -0.375 e. The van der Waals surface area contributed by atoms with Crippen LogP contribution in [0.2, 0.25) is 0 Å². The number of ether oxygens (including phenoxy) is 1. The average Bonchev–Trinajstić information content (AvgIpc) is 2.47. The van der Waals surface area contributed by atoms with Gasteiger partial charge in [0.25, 0.3) is 0 Å². The Balaban J connectivity index is 2.20. The largest absolute Gasteiger partial charge is 0.375 e. The van der Waals surface area contributed by atoms with Crippen LogP contribution in [0.1, 0.15) is 19.3 Å². The van der Waals surface area contributed by atoms with E-state index in [9.17, 15) is 4.39 Å². The number of hydrogen-bond donors (Lipinski definition) is 1. The molecule has 2 nitrogen and oxygen atoms in total. The van der Waals surface area contributed by atoms with Gasteiger partial charge in [-0.1, -0.05) is 6.42 Å². The summed E-state index contributed by atoms with van der Waals surface area (Å²) in [5, 5.41) is 0. The summed E-state index contributed by atoms with van der Waals surface area (Å²) >= 11 is 0. The number of nitrogens with two attached hydrogens (primary N) is 1. The van der Waals surface area contributed by atoms with Gasteiger partial charge in [0.05, 0.1) is 12.7 Å². The number of hydrogen-bond acceptors (Lipinski definition) is 2. The molecule has 3 heteroatoms. The highest BCUT2D eigenvalue weighted by atomic mass is 19.1. The van der Waals surface area contributed by atoms with Crippen LogP contribution in [0.4, 0.5) is 4.39 Å². The van der Waals surface area contributed by atoms with Gasteiger partial charge < -0.3 is 10.5 Å². The van der Waals surface area contributed by atoms with Crippen LogP contribution >= 0.6 is 0 Å². The summed E-state index contributed by atoms with van der Waals surface area (Å²) in [6, 6.07) is 0. The Morgan fingerprint density at radius 1 is 1.45 bits per heavy atom. The van der Waals surface area contributed by atoms with Crippen molar-refractivity contribution in [3.63, 3.8) is 0 Å². The zero-order chi connectivity index (χ0) is 8.10. The lowest BCUT2D eigenvalue weighted by Crippen LogP contribution is -2.25. The first-order valence-corrected chi connectivity index (χ1v) is 4.26. The molecule has 0 aromatic rings. The molecule has 0 bridgehead atoms. The zero-order valence-corrected chi connectivity index (χ0v) is 6.76. The Morgan fingerprint density at radius 2 is 2.27 bits per heavy atom. The van der Waals surface area contributed by atoms with Crippen LogP contribution in [0.25, 0.3) is 0 Å². The molecular formula is C8H16FNO. The quantitative estimate of drug-likeness (QED) is 0.670. The summed E-state index contributed by atoms with van der Waals surface area (Å²) in [5.41, 5.74) is 5.52. The molecule has 1 aliphatic rings. The number of rotatable bonds is 4. The molecule has 0 aromatic carbocycles. The fourth-order valence-electron chi connectivity index (χ4n) is 1.69. The normalized spacial score (nSPS) is 31.1. The maximum atomic E-state index is 11.7. The maximum absolute atomic E-state index is 11.7. The van der Waals surface area contributed by atoms with Gasteiger partial charge in [-0.05, 0) is 25.3 Å². The second kappa shape index (κ2) is 4.67. The summed E-state index contributed by atoms with van der Waals surface area (Å²) in [6.07, 6.45) is 3.62. The van der Waals surface area contributed by atoms with Crippen molar-refractivity contribution in [1.82, 2.24) is 0 Å². The van der Waals surface area contributed by atoms with Crippen molar-refractivity contribution in [1.29, 1.82) is 0 Å². The lowest BCUT2D eigenvalue weighted by Gasteiger charge is -2.17. The molecular weight excluding hydrogens is 145 g/mol. The van der Waals surface area contributed by atoms with Gasteiger partial charge in [-0.15, -0.1) is 0 Å². The van der Waals surface area contributed by atoms with Crippen molar-refractivity contribution < 1.29 is 9.13 Å². The summed E-state index contributed by atoms with van der Waals surface area (Å²) in [5.74, 6) is 0.474. The molecule has 1 saturated carbocycles. The van der Waals surface area contributed by atoms with Crippen LogP contribution < -0.4 is 5.73 Å². The third-order valence-corrected chi connectivity index (χ3v) is 2.30. The Bertz CT molecular complexity index is 110. The first-order valence-electron chi connectivity index (χ1n) is 4.26. The monoisotopic (exact) mass is 161 g/mol. The fraction of sp³-hybridized carbons (Fsp3) is 1.00. The highest BCUT2D eigenvalue weighted by molar-refractivity contribution is 4.78. The second-order valence-electron chi connectivity index (χ2n) is 3.02.